The smallest absolute Gasteiger partial charge is 0.199 e. The minimum atomic E-state index is -0.599. The second kappa shape index (κ2) is 10.2. The molecule has 0 N–H and O–H groups in total. The molecule has 2 aromatic carbocycles. The van der Waals surface area contributed by atoms with Crippen LogP contribution < -0.4 is 0 Å². The summed E-state index contributed by atoms with van der Waals surface area (Å²) in [6.07, 6.45) is 0. The molecule has 2 heterocycles. The highest BCUT2D eigenvalue weighted by atomic mass is 16.5. The van der Waals surface area contributed by atoms with Crippen molar-refractivity contribution in [2.45, 2.75) is 144 Å². The van der Waals surface area contributed by atoms with Gasteiger partial charge in [0.1, 0.15) is 29.7 Å². The maximum absolute atomic E-state index is 6.44. The fourth-order valence-electron chi connectivity index (χ4n) is 5.63. The molecule has 2 aromatic rings. The Morgan fingerprint density at radius 1 is 0.465 bits per heavy atom. The van der Waals surface area contributed by atoms with Crippen molar-refractivity contribution in [1.29, 1.82) is 0 Å². The predicted octanol–water partition coefficient (Wildman–Crippen LogP) is 9.89. The molecule has 2 aliphatic rings. The molecule has 2 aliphatic heterocycles. The number of rotatable bonds is 4. The van der Waals surface area contributed by atoms with E-state index in [2.05, 4.69) is 147 Å². The van der Waals surface area contributed by atoms with E-state index in [0.717, 1.165) is 0 Å². The quantitative estimate of drug-likeness (QED) is 0.358. The van der Waals surface area contributed by atoms with Crippen LogP contribution in [0.15, 0.2) is 46.4 Å². The number of nitrogens with zero attached hydrogens (tertiary/aromatic N) is 2. The summed E-state index contributed by atoms with van der Waals surface area (Å²) >= 11 is 0. The molecule has 2 atom stereocenters. The Hall–Kier alpha value is -2.62. The molecular formula is C39H58N2O2. The van der Waals surface area contributed by atoms with Crippen LogP contribution in [-0.4, -0.2) is 25.0 Å². The van der Waals surface area contributed by atoms with Gasteiger partial charge in [0.25, 0.3) is 0 Å². The molecule has 43 heavy (non-hydrogen) atoms. The Morgan fingerprint density at radius 3 is 0.953 bits per heavy atom. The maximum Gasteiger partial charge on any atom is 0.199 e. The second-order valence-electron chi connectivity index (χ2n) is 18.2. The van der Waals surface area contributed by atoms with Gasteiger partial charge in [-0.1, -0.05) is 119 Å². The van der Waals surface area contributed by atoms with Crippen molar-refractivity contribution >= 4 is 11.8 Å². The fraction of sp³-hybridized carbons (Fsp3) is 0.641. The van der Waals surface area contributed by atoms with Crippen LogP contribution in [0.2, 0.25) is 0 Å². The first kappa shape index (κ1) is 33.3. The number of benzene rings is 2. The first-order chi connectivity index (χ1) is 19.3. The molecule has 0 aromatic heterocycles. The summed E-state index contributed by atoms with van der Waals surface area (Å²) in [7, 11) is 0. The summed E-state index contributed by atoms with van der Waals surface area (Å²) in [5.74, 6) is 1.38. The minimum Gasteiger partial charge on any atom is -0.477 e. The molecule has 0 amide bonds. The molecule has 4 heteroatoms. The summed E-state index contributed by atoms with van der Waals surface area (Å²) < 4.78 is 12.9. The lowest BCUT2D eigenvalue weighted by molar-refractivity contribution is 0.232. The summed E-state index contributed by atoms with van der Waals surface area (Å²) in [4.78, 5) is 10.6. The van der Waals surface area contributed by atoms with E-state index < -0.39 is 16.5 Å². The molecule has 0 saturated heterocycles. The zero-order chi connectivity index (χ0) is 32.6. The average Bonchev–Trinajstić information content (AvgIpc) is 3.47. The maximum atomic E-state index is 6.44. The van der Waals surface area contributed by atoms with Gasteiger partial charge in [0.15, 0.2) is 11.8 Å². The van der Waals surface area contributed by atoms with E-state index in [1.165, 1.54) is 33.4 Å². The van der Waals surface area contributed by atoms with Crippen LogP contribution in [-0.2, 0) is 42.2 Å². The SMILES string of the molecule is CC(C)(C1=N[C@@](C)(c2cc(C(C)(C)C)cc(C(C)(C)C)c2)CO1)C1=N[C@@](C)(c2cc(C(C)(C)C)cc(C(C)(C)C)c2)CO1. The average molecular weight is 587 g/mol. The van der Waals surface area contributed by atoms with Crippen LogP contribution in [0.25, 0.3) is 0 Å². The van der Waals surface area contributed by atoms with Crippen molar-refractivity contribution in [3.63, 3.8) is 0 Å². The first-order valence-corrected chi connectivity index (χ1v) is 16.1. The van der Waals surface area contributed by atoms with Crippen molar-refractivity contribution in [3.05, 3.63) is 69.8 Å². The minimum absolute atomic E-state index is 0.0334. The number of ether oxygens (including phenoxy) is 2. The number of hydrogen-bond acceptors (Lipinski definition) is 4. The molecule has 4 rings (SSSR count). The Balaban J connectivity index is 1.75. The lowest BCUT2D eigenvalue weighted by atomic mass is 9.77. The van der Waals surface area contributed by atoms with Crippen molar-refractivity contribution in [2.75, 3.05) is 13.2 Å². The van der Waals surface area contributed by atoms with E-state index >= 15 is 0 Å². The van der Waals surface area contributed by atoms with Gasteiger partial charge in [-0.3, -0.25) is 0 Å². The highest BCUT2D eigenvalue weighted by Crippen LogP contribution is 2.43. The van der Waals surface area contributed by atoms with Gasteiger partial charge in [0.05, 0.1) is 0 Å². The molecule has 0 aliphatic carbocycles. The summed E-state index contributed by atoms with van der Waals surface area (Å²) in [6.45, 7) is 36.9. The van der Waals surface area contributed by atoms with E-state index in [9.17, 15) is 0 Å². The third kappa shape index (κ3) is 6.59. The number of aliphatic imine (C=N–C) groups is 2. The molecule has 0 radical (unpaired) electrons. The summed E-state index contributed by atoms with van der Waals surface area (Å²) in [6, 6.07) is 14.0. The van der Waals surface area contributed by atoms with E-state index in [4.69, 9.17) is 19.5 Å². The Morgan fingerprint density at radius 2 is 0.721 bits per heavy atom. The van der Waals surface area contributed by atoms with Gasteiger partial charge in [0, 0.05) is 0 Å². The van der Waals surface area contributed by atoms with Gasteiger partial charge in [-0.15, -0.1) is 0 Å². The van der Waals surface area contributed by atoms with Crippen molar-refractivity contribution in [1.82, 2.24) is 0 Å². The molecule has 4 nitrogen and oxygen atoms in total. The largest absolute Gasteiger partial charge is 0.477 e. The topological polar surface area (TPSA) is 43.2 Å². The second-order valence-corrected chi connectivity index (χ2v) is 18.2. The third-order valence-corrected chi connectivity index (χ3v) is 9.32. The van der Waals surface area contributed by atoms with Crippen LogP contribution in [0, 0.1) is 5.41 Å². The van der Waals surface area contributed by atoms with Gasteiger partial charge in [-0.25, -0.2) is 9.98 Å². The molecule has 0 fully saturated rings. The highest BCUT2D eigenvalue weighted by Gasteiger charge is 2.48. The van der Waals surface area contributed by atoms with Gasteiger partial charge < -0.3 is 9.47 Å². The van der Waals surface area contributed by atoms with Crippen LogP contribution >= 0.6 is 0 Å². The zero-order valence-corrected chi connectivity index (χ0v) is 30.1. The Kier molecular flexibility index (Phi) is 7.90. The van der Waals surface area contributed by atoms with Crippen molar-refractivity contribution < 1.29 is 9.47 Å². The lowest BCUT2D eigenvalue weighted by Crippen LogP contribution is -2.34. The highest BCUT2D eigenvalue weighted by molar-refractivity contribution is 6.05. The van der Waals surface area contributed by atoms with Gasteiger partial charge in [-0.05, 0) is 82.7 Å². The fourth-order valence-corrected chi connectivity index (χ4v) is 5.63. The molecule has 236 valence electrons. The van der Waals surface area contributed by atoms with E-state index in [1.807, 2.05) is 0 Å². The van der Waals surface area contributed by atoms with Crippen LogP contribution in [0.3, 0.4) is 0 Å². The summed E-state index contributed by atoms with van der Waals surface area (Å²) in [5, 5.41) is 0. The molecular weight excluding hydrogens is 528 g/mol. The van der Waals surface area contributed by atoms with Crippen LogP contribution in [0.1, 0.15) is 144 Å². The molecule has 0 saturated carbocycles. The van der Waals surface area contributed by atoms with Gasteiger partial charge >= 0.3 is 0 Å². The Bertz CT molecular complexity index is 1280. The number of hydrogen-bond donors (Lipinski definition) is 0. The van der Waals surface area contributed by atoms with E-state index in [-0.39, 0.29) is 21.7 Å². The van der Waals surface area contributed by atoms with Crippen molar-refractivity contribution in [2.24, 2.45) is 15.4 Å². The molecule has 0 bridgehead atoms. The first-order valence-electron chi connectivity index (χ1n) is 16.1. The molecule has 0 spiro atoms. The standard InChI is InChI=1S/C39H58N2O2/c1-33(2,3)25-17-26(34(4,5)6)20-29(19-25)38(15)23-42-31(40-38)37(13,14)32-41-39(16,24-43-32)30-21-27(35(7,8)9)18-28(22-30)36(10,11)12/h17-22H,23-24H2,1-16H3/t38-,39-/m1/s1. The predicted molar refractivity (Wildman–Crippen MR) is 183 cm³/mol. The zero-order valence-electron chi connectivity index (χ0n) is 30.1. The lowest BCUT2D eigenvalue weighted by Gasteiger charge is -2.29. The van der Waals surface area contributed by atoms with E-state index in [1.54, 1.807) is 0 Å². The van der Waals surface area contributed by atoms with Crippen LogP contribution in [0.4, 0.5) is 0 Å². The molecule has 0 unspecified atom stereocenters. The third-order valence-electron chi connectivity index (χ3n) is 9.32. The van der Waals surface area contributed by atoms with Gasteiger partial charge in [-0.2, -0.15) is 0 Å². The van der Waals surface area contributed by atoms with Gasteiger partial charge in [0.2, 0.25) is 0 Å². The van der Waals surface area contributed by atoms with E-state index in [0.29, 0.717) is 25.0 Å². The normalized spacial score (nSPS) is 23.5. The van der Waals surface area contributed by atoms with Crippen molar-refractivity contribution in [3.8, 4) is 0 Å². The van der Waals surface area contributed by atoms with Crippen LogP contribution in [0.5, 0.6) is 0 Å². The monoisotopic (exact) mass is 586 g/mol. The summed E-state index contributed by atoms with van der Waals surface area (Å²) in [5.41, 5.74) is 6.25. The Labute approximate surface area is 262 Å².